The van der Waals surface area contributed by atoms with Gasteiger partial charge in [-0.1, -0.05) is 34.5 Å². The lowest BCUT2D eigenvalue weighted by Crippen LogP contribution is -2.45. The van der Waals surface area contributed by atoms with E-state index in [1.54, 1.807) is 12.1 Å². The Kier molecular flexibility index (Phi) is 5.67. The number of carbonyl (C=O) groups excluding carboxylic acids is 1. The van der Waals surface area contributed by atoms with E-state index in [0.29, 0.717) is 6.54 Å². The van der Waals surface area contributed by atoms with Gasteiger partial charge in [-0.05, 0) is 48.9 Å². The first kappa shape index (κ1) is 18.9. The van der Waals surface area contributed by atoms with E-state index in [0.717, 1.165) is 28.6 Å². The molecule has 0 radical (unpaired) electrons. The van der Waals surface area contributed by atoms with Crippen LogP contribution in [0.4, 0.5) is 5.69 Å². The number of rotatable bonds is 6. The van der Waals surface area contributed by atoms with Gasteiger partial charge in [0, 0.05) is 27.4 Å². The maximum Gasteiger partial charge on any atom is 0.282 e. The summed E-state index contributed by atoms with van der Waals surface area (Å²) in [7, 11) is 0. The Balaban J connectivity index is 1.81. The number of hydrogen-bond acceptors (Lipinski definition) is 4. The van der Waals surface area contributed by atoms with Gasteiger partial charge in [0.2, 0.25) is 0 Å². The monoisotopic (exact) mass is 434 g/mol. The molecule has 2 aromatic rings. The molecule has 1 fully saturated rings. The Labute approximate surface area is 164 Å². The Morgan fingerprint density at radius 3 is 2.65 bits per heavy atom. The lowest BCUT2D eigenvalue weighted by atomic mass is 9.64. The summed E-state index contributed by atoms with van der Waals surface area (Å²) in [5.41, 5.74) is 1.05. The van der Waals surface area contributed by atoms with Crippen molar-refractivity contribution in [1.82, 2.24) is 5.32 Å². The van der Waals surface area contributed by atoms with Crippen LogP contribution in [0.25, 0.3) is 0 Å². The molecule has 0 aromatic heterocycles. The zero-order valence-electron chi connectivity index (χ0n) is 14.3. The molecular formula is C19H19BrN2O3S. The second kappa shape index (κ2) is 7.80. The summed E-state index contributed by atoms with van der Waals surface area (Å²) in [5, 5.41) is 14.2. The minimum Gasteiger partial charge on any atom is -0.351 e. The number of nitro groups is 1. The van der Waals surface area contributed by atoms with Gasteiger partial charge in [0.05, 0.1) is 4.92 Å². The maximum absolute atomic E-state index is 12.7. The molecule has 0 unspecified atom stereocenters. The van der Waals surface area contributed by atoms with Crippen LogP contribution < -0.4 is 5.32 Å². The molecule has 5 nitrogen and oxygen atoms in total. The Morgan fingerprint density at radius 2 is 2.08 bits per heavy atom. The third-order valence-electron chi connectivity index (χ3n) is 4.98. The fraction of sp³-hybridized carbons (Fsp3) is 0.316. The lowest BCUT2D eigenvalue weighted by Gasteiger charge is -2.42. The predicted octanol–water partition coefficient (Wildman–Crippen LogP) is 4.93. The summed E-state index contributed by atoms with van der Waals surface area (Å²) < 4.78 is 1.01. The van der Waals surface area contributed by atoms with Crippen LogP contribution in [0.3, 0.4) is 0 Å². The summed E-state index contributed by atoms with van der Waals surface area (Å²) >= 11 is 4.95. The zero-order valence-corrected chi connectivity index (χ0v) is 16.7. The zero-order chi connectivity index (χ0) is 18.7. The van der Waals surface area contributed by atoms with Crippen LogP contribution in [0, 0.1) is 10.1 Å². The van der Waals surface area contributed by atoms with E-state index in [1.807, 2.05) is 18.4 Å². The molecule has 0 bridgehead atoms. The normalized spacial score (nSPS) is 15.2. The molecule has 136 valence electrons. The van der Waals surface area contributed by atoms with Crippen LogP contribution in [0.5, 0.6) is 0 Å². The molecule has 26 heavy (non-hydrogen) atoms. The van der Waals surface area contributed by atoms with Crippen molar-refractivity contribution in [1.29, 1.82) is 0 Å². The molecular weight excluding hydrogens is 416 g/mol. The summed E-state index contributed by atoms with van der Waals surface area (Å²) in [6.07, 6.45) is 4.98. The average Bonchev–Trinajstić information content (AvgIpc) is 2.60. The number of nitrogens with one attached hydrogen (secondary N) is 1. The van der Waals surface area contributed by atoms with E-state index in [1.165, 1.54) is 23.4 Å². The number of hydrogen-bond donors (Lipinski definition) is 1. The molecule has 1 saturated carbocycles. The maximum atomic E-state index is 12.7. The first-order chi connectivity index (χ1) is 12.4. The first-order valence-electron chi connectivity index (χ1n) is 8.32. The fourth-order valence-corrected chi connectivity index (χ4v) is 4.16. The van der Waals surface area contributed by atoms with Gasteiger partial charge < -0.3 is 5.32 Å². The van der Waals surface area contributed by atoms with Crippen LogP contribution in [0.2, 0.25) is 0 Å². The minimum atomic E-state index is -0.507. The molecule has 1 N–H and O–H groups in total. The first-order valence-corrected chi connectivity index (χ1v) is 10.3. The van der Waals surface area contributed by atoms with Gasteiger partial charge in [0.1, 0.15) is 5.56 Å². The molecule has 0 saturated heterocycles. The van der Waals surface area contributed by atoms with Crippen molar-refractivity contribution >= 4 is 39.3 Å². The van der Waals surface area contributed by atoms with Gasteiger partial charge in [-0.2, -0.15) is 0 Å². The van der Waals surface area contributed by atoms with Crippen molar-refractivity contribution in [3.05, 3.63) is 68.2 Å². The molecule has 2 aromatic carbocycles. The van der Waals surface area contributed by atoms with Gasteiger partial charge in [-0.3, -0.25) is 14.9 Å². The second-order valence-corrected chi connectivity index (χ2v) is 8.26. The molecule has 0 heterocycles. The summed E-state index contributed by atoms with van der Waals surface area (Å²) in [4.78, 5) is 24.3. The van der Waals surface area contributed by atoms with Crippen molar-refractivity contribution in [3.8, 4) is 0 Å². The van der Waals surface area contributed by atoms with Gasteiger partial charge >= 0.3 is 0 Å². The van der Waals surface area contributed by atoms with Crippen molar-refractivity contribution in [2.75, 3.05) is 12.8 Å². The molecule has 1 amide bonds. The second-order valence-electron chi connectivity index (χ2n) is 6.47. The molecule has 3 rings (SSSR count). The van der Waals surface area contributed by atoms with E-state index in [2.05, 4.69) is 33.4 Å². The van der Waals surface area contributed by atoms with Crippen LogP contribution in [0.1, 0.15) is 35.2 Å². The largest absolute Gasteiger partial charge is 0.351 e. The SMILES string of the molecule is CSc1ccc([N+](=O)[O-])c(C(=O)NCC2(c3cccc(Br)c3)CCC2)c1. The lowest BCUT2D eigenvalue weighted by molar-refractivity contribution is -0.385. The topological polar surface area (TPSA) is 72.2 Å². The smallest absolute Gasteiger partial charge is 0.282 e. The predicted molar refractivity (Wildman–Crippen MR) is 107 cm³/mol. The van der Waals surface area contributed by atoms with Crippen LogP contribution >= 0.6 is 27.7 Å². The summed E-state index contributed by atoms with van der Waals surface area (Å²) in [6, 6.07) is 12.8. The number of nitrogens with zero attached hydrogens (tertiary/aromatic N) is 1. The number of carbonyl (C=O) groups is 1. The average molecular weight is 435 g/mol. The van der Waals surface area contributed by atoms with Gasteiger partial charge in [-0.15, -0.1) is 11.8 Å². The minimum absolute atomic E-state index is 0.0919. The van der Waals surface area contributed by atoms with Crippen molar-refractivity contribution < 1.29 is 9.72 Å². The van der Waals surface area contributed by atoms with E-state index in [-0.39, 0.29) is 16.7 Å². The Morgan fingerprint density at radius 1 is 1.31 bits per heavy atom. The third-order valence-corrected chi connectivity index (χ3v) is 6.20. The number of halogens is 1. The Hall–Kier alpha value is -1.86. The highest BCUT2D eigenvalue weighted by Gasteiger charge is 2.39. The van der Waals surface area contributed by atoms with Crippen molar-refractivity contribution in [2.24, 2.45) is 0 Å². The molecule has 1 aliphatic carbocycles. The van der Waals surface area contributed by atoms with Crippen LogP contribution in [-0.2, 0) is 5.41 Å². The van der Waals surface area contributed by atoms with Crippen molar-refractivity contribution in [3.63, 3.8) is 0 Å². The highest BCUT2D eigenvalue weighted by atomic mass is 79.9. The van der Waals surface area contributed by atoms with Gasteiger partial charge in [0.25, 0.3) is 11.6 Å². The van der Waals surface area contributed by atoms with Gasteiger partial charge in [0.15, 0.2) is 0 Å². The quantitative estimate of drug-likeness (QED) is 0.397. The molecule has 1 aliphatic rings. The number of amides is 1. The highest BCUT2D eigenvalue weighted by molar-refractivity contribution is 9.10. The molecule has 0 spiro atoms. The summed E-state index contributed by atoms with van der Waals surface area (Å²) in [5.74, 6) is -0.395. The Bertz CT molecular complexity index is 852. The molecule has 7 heteroatoms. The summed E-state index contributed by atoms with van der Waals surface area (Å²) in [6.45, 7) is 0.475. The van der Waals surface area contributed by atoms with E-state index < -0.39 is 10.8 Å². The standard InChI is InChI=1S/C19H19BrN2O3S/c1-26-15-6-7-17(22(24)25)16(11-15)18(23)21-12-19(8-3-9-19)13-4-2-5-14(20)10-13/h2,4-7,10-11H,3,8-9,12H2,1H3,(H,21,23). The van der Waals surface area contributed by atoms with Crippen molar-refractivity contribution in [2.45, 2.75) is 29.6 Å². The fourth-order valence-electron chi connectivity index (χ4n) is 3.32. The molecule has 0 aliphatic heterocycles. The number of benzene rings is 2. The molecule has 0 atom stereocenters. The van der Waals surface area contributed by atoms with E-state index in [9.17, 15) is 14.9 Å². The van der Waals surface area contributed by atoms with E-state index >= 15 is 0 Å². The van der Waals surface area contributed by atoms with Crippen LogP contribution in [-0.4, -0.2) is 23.6 Å². The number of nitro benzene ring substituents is 1. The van der Waals surface area contributed by atoms with Crippen LogP contribution in [0.15, 0.2) is 51.8 Å². The van der Waals surface area contributed by atoms with E-state index in [4.69, 9.17) is 0 Å². The third kappa shape index (κ3) is 3.78. The highest BCUT2D eigenvalue weighted by Crippen LogP contribution is 2.43. The number of thioether (sulfide) groups is 1. The van der Waals surface area contributed by atoms with Gasteiger partial charge in [-0.25, -0.2) is 0 Å².